The molecule has 4 saturated heterocycles. The minimum absolute atomic E-state index is 0.0380. The number of fused-ring (bicyclic) bond motifs is 4. The van der Waals surface area contributed by atoms with Gasteiger partial charge in [-0.2, -0.15) is 19.9 Å². The fraction of sp³-hybridized carbons (Fsp3) is 0.486. The molecule has 0 aliphatic carbocycles. The van der Waals surface area contributed by atoms with Crippen molar-refractivity contribution in [3.05, 3.63) is 154 Å². The summed E-state index contributed by atoms with van der Waals surface area (Å²) in [5.74, 6) is 1.29. The van der Waals surface area contributed by atoms with Crippen molar-refractivity contribution in [2.24, 2.45) is 5.41 Å². The summed E-state index contributed by atoms with van der Waals surface area (Å²) in [6, 6.07) is 25.4. The van der Waals surface area contributed by atoms with E-state index in [9.17, 15) is 14.0 Å². The number of likely N-dealkylation sites (tertiary alicyclic amines) is 2. The highest BCUT2D eigenvalue weighted by Crippen LogP contribution is 2.40. The molecule has 12 rings (SSSR count). The van der Waals surface area contributed by atoms with Crippen LogP contribution in [0.1, 0.15) is 74.0 Å². The maximum Gasteiger partial charge on any atom is 0.318 e. The van der Waals surface area contributed by atoms with E-state index < -0.39 is 6.67 Å². The molecule has 90 heavy (non-hydrogen) atoms. The van der Waals surface area contributed by atoms with Crippen molar-refractivity contribution in [1.82, 2.24) is 39.5 Å². The molecule has 2 amide bonds. The van der Waals surface area contributed by atoms with Gasteiger partial charge in [-0.25, -0.2) is 17.5 Å². The van der Waals surface area contributed by atoms with E-state index in [1.807, 2.05) is 12.1 Å². The van der Waals surface area contributed by atoms with Gasteiger partial charge in [-0.1, -0.05) is 86.6 Å². The van der Waals surface area contributed by atoms with E-state index in [4.69, 9.17) is 54.2 Å². The Morgan fingerprint density at radius 3 is 1.79 bits per heavy atom. The molecule has 8 heterocycles. The van der Waals surface area contributed by atoms with Crippen molar-refractivity contribution in [2.75, 3.05) is 139 Å². The molecule has 18 nitrogen and oxygen atoms in total. The number of piperazine rings is 2. The van der Waals surface area contributed by atoms with Gasteiger partial charge >= 0.3 is 12.0 Å². The first-order chi connectivity index (χ1) is 43.6. The number of nitrogens with zero attached hydrogens (tertiary/aromatic N) is 14. The van der Waals surface area contributed by atoms with Crippen LogP contribution in [0.15, 0.2) is 97.6 Å². The largest absolute Gasteiger partial charge is 0.463 e. The topological polar surface area (TPSA) is 139 Å². The monoisotopic (exact) mass is 1240 g/mol. The van der Waals surface area contributed by atoms with Crippen molar-refractivity contribution in [1.29, 1.82) is 0 Å². The summed E-state index contributed by atoms with van der Waals surface area (Å²) in [7, 11) is 4.33. The highest BCUT2D eigenvalue weighted by molar-refractivity contribution is 6.36. The Hall–Kier alpha value is -8.10. The van der Waals surface area contributed by atoms with E-state index in [0.29, 0.717) is 77.6 Å². The summed E-state index contributed by atoms with van der Waals surface area (Å²) in [5, 5.41) is 5.36. The number of carbonyl (C=O) groups is 2. The molecule has 0 radical (unpaired) electrons. The molecule has 4 atom stereocenters. The van der Waals surface area contributed by atoms with Crippen molar-refractivity contribution < 1.29 is 23.5 Å². The first-order valence-electron chi connectivity index (χ1n) is 31.9. The van der Waals surface area contributed by atoms with E-state index in [0.717, 1.165) is 133 Å². The Balaban J connectivity index is 0.000000185. The molecule has 0 saturated carbocycles. The van der Waals surface area contributed by atoms with Gasteiger partial charge in [-0.05, 0) is 126 Å². The average molecular weight is 1240 g/mol. The molecule has 6 aliphatic rings. The molecule has 2 aromatic heterocycles. The molecule has 20 heteroatoms. The van der Waals surface area contributed by atoms with Crippen LogP contribution in [-0.2, 0) is 35.5 Å². The number of benzene rings is 4. The van der Waals surface area contributed by atoms with Gasteiger partial charge in [0.05, 0.1) is 41.6 Å². The smallest absolute Gasteiger partial charge is 0.318 e. The van der Waals surface area contributed by atoms with Crippen LogP contribution < -0.4 is 29.1 Å². The Morgan fingerprint density at radius 1 is 0.700 bits per heavy atom. The fourth-order valence-corrected chi connectivity index (χ4v) is 14.9. The van der Waals surface area contributed by atoms with E-state index in [1.165, 1.54) is 40.3 Å². The van der Waals surface area contributed by atoms with Gasteiger partial charge in [0, 0.05) is 104 Å². The van der Waals surface area contributed by atoms with Crippen molar-refractivity contribution >= 4 is 68.0 Å². The third-order valence-corrected chi connectivity index (χ3v) is 19.8. The fourth-order valence-electron chi connectivity index (χ4n) is 14.7. The lowest BCUT2D eigenvalue weighted by molar-refractivity contribution is -0.129. The number of amides is 2. The minimum atomic E-state index is -0.702. The van der Waals surface area contributed by atoms with Gasteiger partial charge in [0.1, 0.15) is 37.0 Å². The van der Waals surface area contributed by atoms with E-state index >= 15 is 0 Å². The lowest BCUT2D eigenvalue weighted by Crippen LogP contribution is -2.56. The van der Waals surface area contributed by atoms with Gasteiger partial charge in [-0.15, -0.1) is 0 Å². The Morgan fingerprint density at radius 2 is 1.24 bits per heavy atom. The maximum atomic E-state index is 12.8. The van der Waals surface area contributed by atoms with Crippen LogP contribution in [0.2, 0.25) is 5.02 Å². The number of piperidine rings is 1. The molecule has 0 spiro atoms. The van der Waals surface area contributed by atoms with Crippen LogP contribution in [0.5, 0.6) is 12.0 Å². The molecule has 4 fully saturated rings. The third kappa shape index (κ3) is 13.5. The summed E-state index contributed by atoms with van der Waals surface area (Å²) in [6.45, 7) is 35.3. The number of hydrogen-bond acceptors (Lipinski definition) is 14. The van der Waals surface area contributed by atoms with Crippen LogP contribution in [-0.4, -0.2) is 188 Å². The minimum Gasteiger partial charge on any atom is -0.463 e. The highest BCUT2D eigenvalue weighted by Gasteiger charge is 2.41. The lowest BCUT2D eigenvalue weighted by Gasteiger charge is -2.41. The van der Waals surface area contributed by atoms with Gasteiger partial charge in [0.15, 0.2) is 0 Å². The summed E-state index contributed by atoms with van der Waals surface area (Å²) in [4.78, 5) is 70.3. The normalized spacial score (nSPS) is 22.2. The van der Waals surface area contributed by atoms with Crippen LogP contribution in [0, 0.1) is 25.5 Å². The second-order valence-electron chi connectivity index (χ2n) is 25.5. The molecular weight excluding hydrogens is 1160 g/mol. The second-order valence-corrected chi connectivity index (χ2v) is 25.9. The summed E-state index contributed by atoms with van der Waals surface area (Å²) in [5.41, 5.74) is 7.64. The number of anilines is 4. The lowest BCUT2D eigenvalue weighted by atomic mass is 9.83. The molecule has 4 aromatic carbocycles. The Kier molecular flexibility index (Phi) is 19.7. The second kappa shape index (κ2) is 28.0. The average Bonchev–Trinajstić information content (AvgIpc) is 0.955. The number of likely N-dealkylation sites (N-methyl/N-ethyl adjacent to an activating group) is 1. The molecule has 2 unspecified atom stereocenters. The summed E-state index contributed by atoms with van der Waals surface area (Å²) in [6.07, 6.45) is 10.8. The first-order valence-corrected chi connectivity index (χ1v) is 32.3. The quantitative estimate of drug-likeness (QED) is 0.0671. The molecule has 6 aromatic rings. The van der Waals surface area contributed by atoms with Crippen molar-refractivity contribution in [2.45, 2.75) is 96.4 Å². The Labute approximate surface area is 534 Å². The zero-order valence-corrected chi connectivity index (χ0v) is 53.6. The number of hydrogen-bond donors (Lipinski definition) is 0. The summed E-state index contributed by atoms with van der Waals surface area (Å²) < 4.78 is 25.7. The number of allylic oxidation sites excluding steroid dienone is 1. The van der Waals surface area contributed by atoms with Crippen molar-refractivity contribution in [3.8, 4) is 12.0 Å². The summed E-state index contributed by atoms with van der Waals surface area (Å²) >= 11 is 6.72. The van der Waals surface area contributed by atoms with Gasteiger partial charge in [-0.3, -0.25) is 14.5 Å². The predicted octanol–water partition coefficient (Wildman–Crippen LogP) is 10.3. The molecular formula is C70H84ClFN14O4. The molecule has 472 valence electrons. The number of alkyl halides is 1. The van der Waals surface area contributed by atoms with Crippen LogP contribution >= 0.6 is 11.6 Å². The maximum absolute atomic E-state index is 12.8. The number of carbonyl (C=O) groups excluding carboxylic acids is 2. The van der Waals surface area contributed by atoms with Gasteiger partial charge in [0.2, 0.25) is 24.9 Å². The zero-order chi connectivity index (χ0) is 63.1. The first kappa shape index (κ1) is 63.5. The Bertz CT molecular complexity index is 3730. The van der Waals surface area contributed by atoms with Crippen LogP contribution in [0.25, 0.3) is 31.2 Å². The molecule has 6 aliphatic heterocycles. The predicted molar refractivity (Wildman–Crippen MR) is 356 cm³/mol. The zero-order valence-electron chi connectivity index (χ0n) is 52.8. The van der Waals surface area contributed by atoms with Gasteiger partial charge in [0.25, 0.3) is 0 Å². The molecule has 0 bridgehead atoms. The number of halogens is 2. The number of ether oxygens (including phenoxy) is 2. The van der Waals surface area contributed by atoms with Crippen LogP contribution in [0.3, 0.4) is 0 Å². The van der Waals surface area contributed by atoms with Crippen molar-refractivity contribution in [3.63, 3.8) is 0 Å². The van der Waals surface area contributed by atoms with Gasteiger partial charge < -0.3 is 53.5 Å². The molecule has 0 N–H and O–H groups in total. The number of aromatic nitrogens is 4. The highest BCUT2D eigenvalue weighted by atomic mass is 35.5. The van der Waals surface area contributed by atoms with E-state index in [2.05, 4.69) is 141 Å². The number of aryl methyl sites for hydroxylation is 1. The SMILES string of the molecule is [C-]#[N+]C[C@H]1CN(c2nc(OCC3(C)CCCN(C)C3)nc3c2CCN(c2cccc4cccc(C)c24)C3)CCN1C(=O)C=C.[C-]#[N+]C[C@H]1CN(c2nc(OCC3(CC)CCCN3C)nc3c2CCN(c2cccc4cccc(Cl)c24)C3)CCN1C(=O)/C=C/CF. The van der Waals surface area contributed by atoms with E-state index in [-0.39, 0.29) is 47.9 Å². The van der Waals surface area contributed by atoms with Crippen LogP contribution in [0.4, 0.5) is 27.4 Å². The van der Waals surface area contributed by atoms with E-state index in [1.54, 1.807) is 9.80 Å². The number of rotatable bonds is 16. The third-order valence-electron chi connectivity index (χ3n) is 19.5. The standard InChI is InChI=1S/C35H41ClFN7O2.C35H43N7O2/c1-4-35(15-8-17-41(35)3)24-46-34-39-29-23-42(30-12-6-10-25-9-5-11-28(36)32(25)30)18-14-27(29)33(40-34)43-19-20-44(26(22-43)21-38-2)31(45)13-7-16-37;1-6-31(43)42-19-18-41(21-27(42)20-36-4)33-28-14-17-40(30-13-8-12-26-11-7-10-25(2)32(26)30)22-29(28)37-34(38-33)44-24-35(3)15-9-16-39(5)23-35/h5-7,9-13,26H,4,8,14-24H2,1,3H3;6-8,10-13,27H,1,9,14-24H2,2-3,5H3/b13-7+;/t26-,35?;27-,35?/m00/s1.